The molecule has 0 fully saturated rings. The first-order valence-electron chi connectivity index (χ1n) is 12.3. The lowest BCUT2D eigenvalue weighted by Crippen LogP contribution is -2.15. The summed E-state index contributed by atoms with van der Waals surface area (Å²) in [7, 11) is 0. The monoisotopic (exact) mass is 382 g/mol. The summed E-state index contributed by atoms with van der Waals surface area (Å²) in [5.41, 5.74) is 0. The fraction of sp³-hybridized carbons (Fsp3) is 0.960. The first kappa shape index (κ1) is 26.5. The maximum atomic E-state index is 11.9. The number of carbonyl (C=O) groups is 1. The summed E-state index contributed by atoms with van der Waals surface area (Å²) in [6.45, 7) is 9.52. The Kier molecular flexibility index (Phi) is 19.8. The van der Waals surface area contributed by atoms with Gasteiger partial charge < -0.3 is 4.74 Å². The van der Waals surface area contributed by atoms with Crippen LogP contribution in [0.15, 0.2) is 0 Å². The molecule has 0 spiro atoms. The van der Waals surface area contributed by atoms with Crippen LogP contribution in [0.4, 0.5) is 0 Å². The minimum absolute atomic E-state index is 0.00937. The quantitative estimate of drug-likeness (QED) is 0.156. The van der Waals surface area contributed by atoms with E-state index in [4.69, 9.17) is 4.74 Å². The van der Waals surface area contributed by atoms with Gasteiger partial charge in [-0.05, 0) is 18.8 Å². The third-order valence-electron chi connectivity index (χ3n) is 5.78. The van der Waals surface area contributed by atoms with Crippen molar-refractivity contribution >= 4 is 5.97 Å². The van der Waals surface area contributed by atoms with Crippen molar-refractivity contribution in [2.45, 2.75) is 137 Å². The number of unbranched alkanes of at least 4 members (excludes halogenated alkanes) is 11. The number of rotatable bonds is 20. The van der Waals surface area contributed by atoms with Gasteiger partial charge in [-0.25, -0.2) is 0 Å². The molecule has 0 rings (SSSR count). The minimum Gasteiger partial charge on any atom is -0.465 e. The number of hydrogen-bond donors (Lipinski definition) is 0. The highest BCUT2D eigenvalue weighted by Gasteiger charge is 2.13. The van der Waals surface area contributed by atoms with Gasteiger partial charge in [0.25, 0.3) is 0 Å². The topological polar surface area (TPSA) is 26.3 Å². The van der Waals surface area contributed by atoms with Crippen molar-refractivity contribution in [3.63, 3.8) is 0 Å². The van der Waals surface area contributed by atoms with E-state index in [0.29, 0.717) is 6.61 Å². The Hall–Kier alpha value is -0.530. The Morgan fingerprint density at radius 2 is 1.11 bits per heavy atom. The van der Waals surface area contributed by atoms with E-state index in [1.54, 1.807) is 0 Å². The van der Waals surface area contributed by atoms with Crippen LogP contribution >= 0.6 is 0 Å². The minimum atomic E-state index is 0.00937. The lowest BCUT2D eigenvalue weighted by molar-refractivity contribution is -0.148. The van der Waals surface area contributed by atoms with Crippen molar-refractivity contribution in [2.75, 3.05) is 6.61 Å². The van der Waals surface area contributed by atoms with Gasteiger partial charge in [0.15, 0.2) is 0 Å². The van der Waals surface area contributed by atoms with E-state index in [9.17, 15) is 4.79 Å². The second-order valence-electron chi connectivity index (χ2n) is 8.78. The molecular formula is C25H50O2. The molecule has 0 aromatic rings. The molecule has 0 radical (unpaired) electrons. The number of ether oxygens (including phenoxy) is 1. The first-order chi connectivity index (χ1) is 13.1. The zero-order valence-corrected chi connectivity index (χ0v) is 19.2. The van der Waals surface area contributed by atoms with Gasteiger partial charge in [-0.1, -0.05) is 124 Å². The average Bonchev–Trinajstić information content (AvgIpc) is 2.66. The normalized spacial score (nSPS) is 13.5. The highest BCUT2D eigenvalue weighted by Crippen LogP contribution is 2.17. The molecule has 0 bridgehead atoms. The van der Waals surface area contributed by atoms with Crippen LogP contribution < -0.4 is 0 Å². The van der Waals surface area contributed by atoms with E-state index in [1.165, 1.54) is 89.9 Å². The third-order valence-corrected chi connectivity index (χ3v) is 5.78. The van der Waals surface area contributed by atoms with Crippen LogP contribution in [-0.2, 0) is 9.53 Å². The smallest absolute Gasteiger partial charge is 0.308 e. The summed E-state index contributed by atoms with van der Waals surface area (Å²) in [5.74, 6) is 1.01. The van der Waals surface area contributed by atoms with Gasteiger partial charge in [0.1, 0.15) is 0 Å². The standard InChI is InChI=1S/C25H50O2/c1-5-7-16-21-24(4)25(26)27-22-18-15-13-11-9-10-12-14-17-20-23(3)19-8-6-2/h23-24H,5-22H2,1-4H3. The molecule has 0 aromatic heterocycles. The Labute approximate surface area is 171 Å². The van der Waals surface area contributed by atoms with Gasteiger partial charge in [-0.3, -0.25) is 4.79 Å². The molecule has 0 aliphatic carbocycles. The summed E-state index contributed by atoms with van der Waals surface area (Å²) in [6, 6.07) is 0. The Balaban J connectivity index is 3.28. The second kappa shape index (κ2) is 20.2. The van der Waals surface area contributed by atoms with E-state index >= 15 is 0 Å². The maximum Gasteiger partial charge on any atom is 0.308 e. The van der Waals surface area contributed by atoms with Crippen molar-refractivity contribution in [2.24, 2.45) is 11.8 Å². The molecule has 162 valence electrons. The Morgan fingerprint density at radius 1 is 0.630 bits per heavy atom. The summed E-state index contributed by atoms with van der Waals surface area (Å²) in [6.07, 6.45) is 22.0. The molecule has 0 saturated carbocycles. The molecule has 27 heavy (non-hydrogen) atoms. The van der Waals surface area contributed by atoms with Crippen LogP contribution in [0.1, 0.15) is 137 Å². The van der Waals surface area contributed by atoms with E-state index in [1.807, 2.05) is 6.92 Å². The summed E-state index contributed by atoms with van der Waals surface area (Å²) in [5, 5.41) is 0. The lowest BCUT2D eigenvalue weighted by atomic mass is 9.97. The van der Waals surface area contributed by atoms with E-state index < -0.39 is 0 Å². The highest BCUT2D eigenvalue weighted by atomic mass is 16.5. The van der Waals surface area contributed by atoms with Crippen LogP contribution in [0.25, 0.3) is 0 Å². The summed E-state index contributed by atoms with van der Waals surface area (Å²) < 4.78 is 5.41. The fourth-order valence-corrected chi connectivity index (χ4v) is 3.66. The van der Waals surface area contributed by atoms with Crippen LogP contribution in [-0.4, -0.2) is 12.6 Å². The first-order valence-corrected chi connectivity index (χ1v) is 12.3. The zero-order valence-electron chi connectivity index (χ0n) is 19.2. The lowest BCUT2D eigenvalue weighted by Gasteiger charge is -2.11. The predicted octanol–water partition coefficient (Wildman–Crippen LogP) is 8.47. The molecule has 0 aliphatic rings. The van der Waals surface area contributed by atoms with Crippen molar-refractivity contribution in [3.05, 3.63) is 0 Å². The third kappa shape index (κ3) is 18.6. The van der Waals surface area contributed by atoms with Crippen LogP contribution in [0.5, 0.6) is 0 Å². The van der Waals surface area contributed by atoms with Crippen LogP contribution in [0, 0.1) is 11.8 Å². The SMILES string of the molecule is CCCCCC(C)C(=O)OCCCCCCCCCCCC(C)CCCC. The van der Waals surface area contributed by atoms with Gasteiger partial charge in [-0.15, -0.1) is 0 Å². The van der Waals surface area contributed by atoms with Crippen molar-refractivity contribution < 1.29 is 9.53 Å². The highest BCUT2D eigenvalue weighted by molar-refractivity contribution is 5.71. The second-order valence-corrected chi connectivity index (χ2v) is 8.78. The van der Waals surface area contributed by atoms with Gasteiger partial charge in [0.05, 0.1) is 12.5 Å². The van der Waals surface area contributed by atoms with Crippen molar-refractivity contribution in [1.29, 1.82) is 0 Å². The Bertz CT molecular complexity index is 313. The van der Waals surface area contributed by atoms with E-state index in [0.717, 1.165) is 25.2 Å². The molecule has 0 amide bonds. The molecule has 0 aromatic carbocycles. The van der Waals surface area contributed by atoms with Crippen molar-refractivity contribution in [3.8, 4) is 0 Å². The predicted molar refractivity (Wildman–Crippen MR) is 119 cm³/mol. The van der Waals surface area contributed by atoms with Gasteiger partial charge in [0.2, 0.25) is 0 Å². The Morgan fingerprint density at radius 3 is 1.70 bits per heavy atom. The largest absolute Gasteiger partial charge is 0.465 e. The molecule has 0 saturated heterocycles. The average molecular weight is 383 g/mol. The molecule has 2 heteroatoms. The molecular weight excluding hydrogens is 332 g/mol. The summed E-state index contributed by atoms with van der Waals surface area (Å²) >= 11 is 0. The molecule has 0 N–H and O–H groups in total. The molecule has 0 heterocycles. The number of carbonyl (C=O) groups excluding carboxylic acids is 1. The van der Waals surface area contributed by atoms with E-state index in [2.05, 4.69) is 20.8 Å². The van der Waals surface area contributed by atoms with Gasteiger partial charge >= 0.3 is 5.97 Å². The van der Waals surface area contributed by atoms with Crippen LogP contribution in [0.3, 0.4) is 0 Å². The van der Waals surface area contributed by atoms with Gasteiger partial charge in [-0.2, -0.15) is 0 Å². The molecule has 2 atom stereocenters. The van der Waals surface area contributed by atoms with Gasteiger partial charge in [0, 0.05) is 0 Å². The molecule has 2 unspecified atom stereocenters. The molecule has 0 aliphatic heterocycles. The van der Waals surface area contributed by atoms with Crippen molar-refractivity contribution in [1.82, 2.24) is 0 Å². The van der Waals surface area contributed by atoms with E-state index in [-0.39, 0.29) is 11.9 Å². The number of esters is 1. The van der Waals surface area contributed by atoms with Crippen LogP contribution in [0.2, 0.25) is 0 Å². The fourth-order valence-electron chi connectivity index (χ4n) is 3.66. The molecule has 2 nitrogen and oxygen atoms in total. The zero-order chi connectivity index (χ0) is 20.2. The summed E-state index contributed by atoms with van der Waals surface area (Å²) in [4.78, 5) is 11.9. The maximum absolute atomic E-state index is 11.9. The number of hydrogen-bond acceptors (Lipinski definition) is 2.